The van der Waals surface area contributed by atoms with Gasteiger partial charge >= 0.3 is 0 Å². The highest BCUT2D eigenvalue weighted by Crippen LogP contribution is 2.30. The summed E-state index contributed by atoms with van der Waals surface area (Å²) >= 11 is 0. The number of hydrogen-bond acceptors (Lipinski definition) is 5. The summed E-state index contributed by atoms with van der Waals surface area (Å²) in [5.41, 5.74) is -1.12. The standard InChI is InChI=1S/C10H16O5/c1-6(11)7-2-3-10(15,4-8(7)12)5-9(13)14/h2-3,6,9,11-15H,4-5H2,1H3. The predicted molar refractivity (Wildman–Crippen MR) is 52.9 cm³/mol. The Morgan fingerprint density at radius 2 is 2.00 bits per heavy atom. The van der Waals surface area contributed by atoms with Crippen molar-refractivity contribution >= 4 is 0 Å². The van der Waals surface area contributed by atoms with E-state index in [1.54, 1.807) is 0 Å². The van der Waals surface area contributed by atoms with E-state index in [1.807, 2.05) is 0 Å². The van der Waals surface area contributed by atoms with E-state index in [0.29, 0.717) is 5.57 Å². The second kappa shape index (κ2) is 4.32. The van der Waals surface area contributed by atoms with E-state index in [4.69, 9.17) is 10.2 Å². The molecule has 0 aromatic carbocycles. The van der Waals surface area contributed by atoms with E-state index in [-0.39, 0.29) is 18.6 Å². The molecule has 0 fully saturated rings. The molecule has 0 radical (unpaired) electrons. The summed E-state index contributed by atoms with van der Waals surface area (Å²) in [5, 5.41) is 46.1. The summed E-state index contributed by atoms with van der Waals surface area (Å²) in [6, 6.07) is 0. The van der Waals surface area contributed by atoms with Crippen LogP contribution in [0.25, 0.3) is 0 Å². The van der Waals surface area contributed by atoms with Gasteiger partial charge in [-0.1, -0.05) is 12.2 Å². The van der Waals surface area contributed by atoms with Crippen molar-refractivity contribution in [1.29, 1.82) is 0 Å². The molecule has 86 valence electrons. The van der Waals surface area contributed by atoms with Crippen LogP contribution < -0.4 is 0 Å². The Morgan fingerprint density at radius 3 is 2.40 bits per heavy atom. The second-order valence-electron chi connectivity index (χ2n) is 3.88. The topological polar surface area (TPSA) is 101 Å². The van der Waals surface area contributed by atoms with E-state index >= 15 is 0 Å². The fourth-order valence-corrected chi connectivity index (χ4v) is 1.63. The van der Waals surface area contributed by atoms with Gasteiger partial charge in [0.05, 0.1) is 11.7 Å². The molecule has 0 amide bonds. The summed E-state index contributed by atoms with van der Waals surface area (Å²) in [5.74, 6) is -0.129. The average molecular weight is 216 g/mol. The van der Waals surface area contributed by atoms with E-state index < -0.39 is 18.0 Å². The maximum absolute atomic E-state index is 9.83. The lowest BCUT2D eigenvalue weighted by Crippen LogP contribution is -2.34. The van der Waals surface area contributed by atoms with E-state index in [1.165, 1.54) is 19.1 Å². The third-order valence-corrected chi connectivity index (χ3v) is 2.37. The lowest BCUT2D eigenvalue weighted by molar-refractivity contribution is -0.0899. The molecular formula is C10H16O5. The molecule has 1 rings (SSSR count). The molecule has 0 bridgehead atoms. The molecule has 5 heteroatoms. The lowest BCUT2D eigenvalue weighted by atomic mass is 9.86. The molecule has 0 aliphatic heterocycles. The fraction of sp³-hybridized carbons (Fsp3) is 0.600. The van der Waals surface area contributed by atoms with Crippen LogP contribution in [0.2, 0.25) is 0 Å². The molecule has 0 spiro atoms. The maximum atomic E-state index is 9.83. The minimum Gasteiger partial charge on any atom is -0.512 e. The Kier molecular flexibility index (Phi) is 3.51. The monoisotopic (exact) mass is 216 g/mol. The van der Waals surface area contributed by atoms with Crippen molar-refractivity contribution in [3.63, 3.8) is 0 Å². The van der Waals surface area contributed by atoms with E-state index in [9.17, 15) is 15.3 Å². The molecule has 1 aliphatic rings. The predicted octanol–water partition coefficient (Wildman–Crippen LogP) is -0.429. The minimum absolute atomic E-state index is 0.124. The summed E-state index contributed by atoms with van der Waals surface area (Å²) in [7, 11) is 0. The van der Waals surface area contributed by atoms with Gasteiger partial charge in [0.15, 0.2) is 6.29 Å². The summed E-state index contributed by atoms with van der Waals surface area (Å²) in [6.07, 6.45) is -0.104. The van der Waals surface area contributed by atoms with Crippen LogP contribution in [0, 0.1) is 0 Å². The first-order valence-electron chi connectivity index (χ1n) is 4.72. The van der Waals surface area contributed by atoms with Crippen LogP contribution in [0.1, 0.15) is 19.8 Å². The van der Waals surface area contributed by atoms with Gasteiger partial charge in [-0.3, -0.25) is 0 Å². The summed E-state index contributed by atoms with van der Waals surface area (Å²) in [4.78, 5) is 0. The third kappa shape index (κ3) is 3.04. The number of rotatable bonds is 3. The van der Waals surface area contributed by atoms with Crippen molar-refractivity contribution in [2.75, 3.05) is 0 Å². The molecular weight excluding hydrogens is 200 g/mol. The van der Waals surface area contributed by atoms with Gasteiger partial charge in [-0.15, -0.1) is 0 Å². The maximum Gasteiger partial charge on any atom is 0.154 e. The van der Waals surface area contributed by atoms with Crippen molar-refractivity contribution in [3.05, 3.63) is 23.5 Å². The lowest BCUT2D eigenvalue weighted by Gasteiger charge is -2.29. The van der Waals surface area contributed by atoms with Gasteiger partial charge in [0, 0.05) is 18.4 Å². The van der Waals surface area contributed by atoms with Crippen LogP contribution >= 0.6 is 0 Å². The third-order valence-electron chi connectivity index (χ3n) is 2.37. The van der Waals surface area contributed by atoms with Crippen LogP contribution in [0.5, 0.6) is 0 Å². The van der Waals surface area contributed by atoms with Gasteiger partial charge in [0.25, 0.3) is 0 Å². The zero-order chi connectivity index (χ0) is 11.6. The quantitative estimate of drug-likeness (QED) is 0.412. The van der Waals surface area contributed by atoms with Gasteiger partial charge in [-0.25, -0.2) is 0 Å². The Hall–Kier alpha value is -0.880. The highest BCUT2D eigenvalue weighted by Gasteiger charge is 2.32. The first kappa shape index (κ1) is 12.2. The van der Waals surface area contributed by atoms with E-state index in [0.717, 1.165) is 0 Å². The molecule has 2 atom stereocenters. The van der Waals surface area contributed by atoms with Gasteiger partial charge in [0.2, 0.25) is 0 Å². The molecule has 0 aromatic heterocycles. The molecule has 5 nitrogen and oxygen atoms in total. The molecule has 15 heavy (non-hydrogen) atoms. The summed E-state index contributed by atoms with van der Waals surface area (Å²) in [6.45, 7) is 1.50. The molecule has 2 unspecified atom stereocenters. The van der Waals surface area contributed by atoms with E-state index in [2.05, 4.69) is 0 Å². The molecule has 0 saturated heterocycles. The zero-order valence-corrected chi connectivity index (χ0v) is 8.46. The smallest absolute Gasteiger partial charge is 0.154 e. The minimum atomic E-state index is -1.64. The van der Waals surface area contributed by atoms with Gasteiger partial charge in [-0.2, -0.15) is 0 Å². The van der Waals surface area contributed by atoms with Gasteiger partial charge in [0.1, 0.15) is 5.76 Å². The normalized spacial score (nSPS) is 28.7. The van der Waals surface area contributed by atoms with Crippen LogP contribution in [0.4, 0.5) is 0 Å². The van der Waals surface area contributed by atoms with Crippen molar-refractivity contribution in [1.82, 2.24) is 0 Å². The Labute approximate surface area is 87.6 Å². The molecule has 1 aliphatic carbocycles. The number of aliphatic hydroxyl groups is 5. The van der Waals surface area contributed by atoms with Crippen LogP contribution in [-0.2, 0) is 0 Å². The molecule has 0 aromatic rings. The van der Waals surface area contributed by atoms with Crippen molar-refractivity contribution in [3.8, 4) is 0 Å². The highest BCUT2D eigenvalue weighted by atomic mass is 16.5. The molecule has 0 saturated carbocycles. The van der Waals surface area contributed by atoms with Crippen molar-refractivity contribution < 1.29 is 25.5 Å². The van der Waals surface area contributed by atoms with Crippen molar-refractivity contribution in [2.24, 2.45) is 0 Å². The highest BCUT2D eigenvalue weighted by molar-refractivity contribution is 5.33. The SMILES string of the molecule is CC(O)C1=C(O)CC(O)(CC(O)O)C=C1. The number of aliphatic hydroxyl groups excluding tert-OH is 3. The largest absolute Gasteiger partial charge is 0.512 e. The van der Waals surface area contributed by atoms with Crippen LogP contribution in [0.3, 0.4) is 0 Å². The number of hydrogen-bond donors (Lipinski definition) is 5. The van der Waals surface area contributed by atoms with Gasteiger partial charge < -0.3 is 25.5 Å². The van der Waals surface area contributed by atoms with Gasteiger partial charge in [-0.05, 0) is 6.92 Å². The fourth-order valence-electron chi connectivity index (χ4n) is 1.63. The average Bonchev–Trinajstić information content (AvgIpc) is 1.99. The van der Waals surface area contributed by atoms with Crippen LogP contribution in [0.15, 0.2) is 23.5 Å². The second-order valence-corrected chi connectivity index (χ2v) is 3.88. The summed E-state index contributed by atoms with van der Waals surface area (Å²) < 4.78 is 0. The molecule has 0 heterocycles. The zero-order valence-electron chi connectivity index (χ0n) is 8.46. The molecule has 5 N–H and O–H groups in total. The van der Waals surface area contributed by atoms with Crippen molar-refractivity contribution in [2.45, 2.75) is 37.8 Å². The Bertz CT molecular complexity index is 292. The Morgan fingerprint density at radius 1 is 1.40 bits per heavy atom. The Balaban J connectivity index is 2.79. The van der Waals surface area contributed by atoms with Crippen LogP contribution in [-0.4, -0.2) is 43.5 Å². The first-order chi connectivity index (χ1) is 6.84. The first-order valence-corrected chi connectivity index (χ1v) is 4.72.